The fourth-order valence-electron chi connectivity index (χ4n) is 1.87. The molecule has 0 aromatic rings. The molecule has 0 heterocycles. The van der Waals surface area contributed by atoms with Crippen LogP contribution in [0.5, 0.6) is 0 Å². The van der Waals surface area contributed by atoms with E-state index in [2.05, 4.69) is 17.2 Å². The highest BCUT2D eigenvalue weighted by Gasteiger charge is 2.28. The Morgan fingerprint density at radius 2 is 1.86 bits per heavy atom. The summed E-state index contributed by atoms with van der Waals surface area (Å²) in [7, 11) is 1.28. The molecule has 120 valence electrons. The number of methoxy groups -OCH3 is 1. The summed E-state index contributed by atoms with van der Waals surface area (Å²) in [5.41, 5.74) is 0. The van der Waals surface area contributed by atoms with E-state index in [9.17, 15) is 14.4 Å². The van der Waals surface area contributed by atoms with Crippen molar-refractivity contribution in [3.8, 4) is 0 Å². The van der Waals surface area contributed by atoms with Gasteiger partial charge in [0.25, 0.3) is 0 Å². The normalized spacial score (nSPS) is 13.2. The summed E-state index contributed by atoms with van der Waals surface area (Å²) in [6.07, 6.45) is 3.69. The van der Waals surface area contributed by atoms with Crippen molar-refractivity contribution >= 4 is 17.8 Å². The first-order chi connectivity index (χ1) is 9.83. The summed E-state index contributed by atoms with van der Waals surface area (Å²) >= 11 is 0. The highest BCUT2D eigenvalue weighted by Crippen LogP contribution is 2.07. The van der Waals surface area contributed by atoms with Gasteiger partial charge in [-0.3, -0.25) is 9.59 Å². The third-order valence-electron chi connectivity index (χ3n) is 3.01. The zero-order chi connectivity index (χ0) is 16.4. The average molecular weight is 298 g/mol. The Morgan fingerprint density at radius 3 is 2.29 bits per heavy atom. The molecule has 0 saturated heterocycles. The Hall–Kier alpha value is -1.85. The molecule has 2 amide bonds. The van der Waals surface area contributed by atoms with Crippen LogP contribution in [0.2, 0.25) is 0 Å². The molecule has 0 aromatic heterocycles. The zero-order valence-electron chi connectivity index (χ0n) is 13.3. The van der Waals surface area contributed by atoms with Crippen molar-refractivity contribution in [2.45, 2.75) is 52.1 Å². The van der Waals surface area contributed by atoms with E-state index >= 15 is 0 Å². The van der Waals surface area contributed by atoms with Gasteiger partial charge in [-0.2, -0.15) is 0 Å². The second kappa shape index (κ2) is 9.96. The Labute approximate surface area is 126 Å². The molecule has 0 aromatic carbocycles. The molecule has 0 rings (SSSR count). The van der Waals surface area contributed by atoms with Crippen molar-refractivity contribution in [1.82, 2.24) is 10.6 Å². The first-order valence-corrected chi connectivity index (χ1v) is 7.09. The van der Waals surface area contributed by atoms with Crippen molar-refractivity contribution in [2.24, 2.45) is 5.92 Å². The number of rotatable bonds is 9. The lowest BCUT2D eigenvalue weighted by atomic mass is 10.0. The Bertz CT molecular complexity index is 380. The molecule has 0 spiro atoms. The molecule has 0 radical (unpaired) electrons. The van der Waals surface area contributed by atoms with Crippen LogP contribution in [0.4, 0.5) is 0 Å². The number of esters is 1. The van der Waals surface area contributed by atoms with Crippen LogP contribution in [0.3, 0.4) is 0 Å². The molecule has 0 bridgehead atoms. The van der Waals surface area contributed by atoms with Crippen LogP contribution in [-0.2, 0) is 19.1 Å². The Morgan fingerprint density at radius 1 is 1.24 bits per heavy atom. The maximum absolute atomic E-state index is 12.2. The van der Waals surface area contributed by atoms with Gasteiger partial charge in [0.2, 0.25) is 11.8 Å². The highest BCUT2D eigenvalue weighted by molar-refractivity contribution is 5.90. The van der Waals surface area contributed by atoms with Gasteiger partial charge in [0.15, 0.2) is 0 Å². The summed E-state index contributed by atoms with van der Waals surface area (Å²) in [5.74, 6) is -1.24. The first-order valence-electron chi connectivity index (χ1n) is 7.09. The maximum atomic E-state index is 12.2. The van der Waals surface area contributed by atoms with E-state index in [4.69, 9.17) is 4.74 Å². The number of hydrogen-bond acceptors (Lipinski definition) is 4. The van der Waals surface area contributed by atoms with Crippen LogP contribution >= 0.6 is 0 Å². The van der Waals surface area contributed by atoms with Crippen LogP contribution in [0, 0.1) is 5.92 Å². The van der Waals surface area contributed by atoms with Crippen molar-refractivity contribution in [1.29, 1.82) is 0 Å². The number of ether oxygens (including phenoxy) is 1. The van der Waals surface area contributed by atoms with Crippen molar-refractivity contribution < 1.29 is 19.1 Å². The number of nitrogens with one attached hydrogen (secondary N) is 2. The smallest absolute Gasteiger partial charge is 0.328 e. The topological polar surface area (TPSA) is 84.5 Å². The minimum atomic E-state index is -0.711. The van der Waals surface area contributed by atoms with E-state index in [-0.39, 0.29) is 17.7 Å². The van der Waals surface area contributed by atoms with Gasteiger partial charge in [0.05, 0.1) is 7.11 Å². The summed E-state index contributed by atoms with van der Waals surface area (Å²) in [6.45, 7) is 8.62. The first kappa shape index (κ1) is 19.1. The number of unbranched alkanes of at least 4 members (excludes halogenated alkanes) is 1. The van der Waals surface area contributed by atoms with Gasteiger partial charge in [-0.25, -0.2) is 4.79 Å². The van der Waals surface area contributed by atoms with E-state index in [0.29, 0.717) is 6.42 Å². The lowest BCUT2D eigenvalue weighted by Crippen LogP contribution is -2.53. The molecule has 2 N–H and O–H groups in total. The van der Waals surface area contributed by atoms with E-state index in [1.807, 2.05) is 13.8 Å². The predicted molar refractivity (Wildman–Crippen MR) is 80.4 cm³/mol. The zero-order valence-corrected chi connectivity index (χ0v) is 13.3. The standard InChI is InChI=1S/C15H26N2O4/c1-6-7-8-9-12(15(20)21-5)17-14(19)13(10(2)3)16-11(4)18/h6,10,12-13H,1,7-9H2,2-5H3,(H,16,18)(H,17,19)/t12-,13+/m0/s1. The van der Waals surface area contributed by atoms with Crippen molar-refractivity contribution in [2.75, 3.05) is 7.11 Å². The van der Waals surface area contributed by atoms with Crippen LogP contribution in [0.15, 0.2) is 12.7 Å². The predicted octanol–water partition coefficient (Wildman–Crippen LogP) is 1.16. The minimum Gasteiger partial charge on any atom is -0.467 e. The quantitative estimate of drug-likeness (QED) is 0.380. The summed E-state index contributed by atoms with van der Waals surface area (Å²) in [5, 5.41) is 5.24. The summed E-state index contributed by atoms with van der Waals surface area (Å²) in [4.78, 5) is 35.1. The lowest BCUT2D eigenvalue weighted by Gasteiger charge is -2.24. The molecule has 21 heavy (non-hydrogen) atoms. The molecule has 0 unspecified atom stereocenters. The van der Waals surface area contributed by atoms with Gasteiger partial charge in [-0.1, -0.05) is 19.9 Å². The average Bonchev–Trinajstić information content (AvgIpc) is 2.42. The molecule has 0 aliphatic heterocycles. The van der Waals surface area contributed by atoms with E-state index in [0.717, 1.165) is 12.8 Å². The molecule has 0 saturated carbocycles. The molecule has 0 fully saturated rings. The van der Waals surface area contributed by atoms with Gasteiger partial charge < -0.3 is 15.4 Å². The molecule has 6 nitrogen and oxygen atoms in total. The van der Waals surface area contributed by atoms with Gasteiger partial charge in [-0.05, 0) is 25.2 Å². The van der Waals surface area contributed by atoms with Crippen LogP contribution in [-0.4, -0.2) is 37.0 Å². The van der Waals surface area contributed by atoms with Gasteiger partial charge in [0.1, 0.15) is 12.1 Å². The molecule has 0 aliphatic rings. The minimum absolute atomic E-state index is 0.0830. The molecule has 0 aliphatic carbocycles. The second-order valence-electron chi connectivity index (χ2n) is 5.23. The highest BCUT2D eigenvalue weighted by atomic mass is 16.5. The van der Waals surface area contributed by atoms with E-state index in [1.165, 1.54) is 14.0 Å². The summed E-state index contributed by atoms with van der Waals surface area (Å²) < 4.78 is 4.70. The van der Waals surface area contributed by atoms with E-state index in [1.54, 1.807) is 6.08 Å². The molecule has 6 heteroatoms. The van der Waals surface area contributed by atoms with Gasteiger partial charge in [-0.15, -0.1) is 6.58 Å². The van der Waals surface area contributed by atoms with Crippen LogP contribution in [0.25, 0.3) is 0 Å². The SMILES string of the molecule is C=CCCC[C@H](NC(=O)[C@H](NC(C)=O)C(C)C)C(=O)OC. The number of amides is 2. The molecular weight excluding hydrogens is 272 g/mol. The monoisotopic (exact) mass is 298 g/mol. The molecular formula is C15H26N2O4. The number of hydrogen-bond donors (Lipinski definition) is 2. The maximum Gasteiger partial charge on any atom is 0.328 e. The Balaban J connectivity index is 4.78. The second-order valence-corrected chi connectivity index (χ2v) is 5.23. The Kier molecular flexibility index (Phi) is 9.08. The van der Waals surface area contributed by atoms with Crippen molar-refractivity contribution in [3.63, 3.8) is 0 Å². The van der Waals surface area contributed by atoms with Crippen molar-refractivity contribution in [3.05, 3.63) is 12.7 Å². The van der Waals surface area contributed by atoms with Crippen LogP contribution in [0.1, 0.15) is 40.0 Å². The van der Waals surface area contributed by atoms with Crippen LogP contribution < -0.4 is 10.6 Å². The fourth-order valence-corrected chi connectivity index (χ4v) is 1.87. The molecule has 2 atom stereocenters. The summed E-state index contributed by atoms with van der Waals surface area (Å²) in [6, 6.07) is -1.38. The number of carbonyl (C=O) groups excluding carboxylic acids is 3. The number of carbonyl (C=O) groups is 3. The van der Waals surface area contributed by atoms with Gasteiger partial charge >= 0.3 is 5.97 Å². The number of allylic oxidation sites excluding steroid dienone is 1. The fraction of sp³-hybridized carbons (Fsp3) is 0.667. The van der Waals surface area contributed by atoms with Gasteiger partial charge in [0, 0.05) is 6.92 Å². The lowest BCUT2D eigenvalue weighted by molar-refractivity contribution is -0.145. The third-order valence-corrected chi connectivity index (χ3v) is 3.01. The van der Waals surface area contributed by atoms with E-state index < -0.39 is 18.1 Å². The largest absolute Gasteiger partial charge is 0.467 e. The third kappa shape index (κ3) is 7.48.